The molecule has 3 N–H and O–H groups in total. The number of anilines is 1. The van der Waals surface area contributed by atoms with Gasteiger partial charge in [0.05, 0.1) is 19.3 Å². The lowest BCUT2D eigenvalue weighted by Crippen LogP contribution is -2.46. The quantitative estimate of drug-likeness (QED) is 0.584. The van der Waals surface area contributed by atoms with Crippen molar-refractivity contribution in [3.8, 4) is 0 Å². The summed E-state index contributed by atoms with van der Waals surface area (Å²) in [4.78, 5) is 10.7. The van der Waals surface area contributed by atoms with E-state index in [9.17, 15) is 0 Å². The molecule has 0 radical (unpaired) electrons. The summed E-state index contributed by atoms with van der Waals surface area (Å²) >= 11 is 0. The van der Waals surface area contributed by atoms with Gasteiger partial charge in [-0.15, -0.1) is 0 Å². The maximum Gasteiger partial charge on any atom is 0.226 e. The highest BCUT2D eigenvalue weighted by Gasteiger charge is 2.23. The van der Waals surface area contributed by atoms with E-state index in [0.29, 0.717) is 30.9 Å². The van der Waals surface area contributed by atoms with E-state index in [4.69, 9.17) is 15.9 Å². The molecule has 1 aliphatic heterocycles. The maximum absolute atomic E-state index is 7.39. The highest BCUT2D eigenvalue weighted by atomic mass is 16.5. The van der Waals surface area contributed by atoms with Crippen LogP contribution in [0.3, 0.4) is 0 Å². The van der Waals surface area contributed by atoms with Crippen molar-refractivity contribution in [2.45, 2.75) is 19.4 Å². The fourth-order valence-electron chi connectivity index (χ4n) is 1.89. The van der Waals surface area contributed by atoms with E-state index in [1.807, 2.05) is 0 Å². The third kappa shape index (κ3) is 2.52. The number of nitrogen functional groups attached to an aromatic ring is 1. The Morgan fingerprint density at radius 2 is 2.53 bits per heavy atom. The third-order valence-corrected chi connectivity index (χ3v) is 2.87. The molecule has 1 aromatic rings. The van der Waals surface area contributed by atoms with Gasteiger partial charge in [0.1, 0.15) is 11.5 Å². The van der Waals surface area contributed by atoms with Crippen LogP contribution < -0.4 is 10.6 Å². The Balaban J connectivity index is 2.25. The van der Waals surface area contributed by atoms with Crippen molar-refractivity contribution in [1.82, 2.24) is 9.97 Å². The van der Waals surface area contributed by atoms with Gasteiger partial charge in [-0.25, -0.2) is 9.97 Å². The molecule has 6 heteroatoms. The molecule has 0 bridgehead atoms. The molecule has 2 heterocycles. The average molecular weight is 235 g/mol. The van der Waals surface area contributed by atoms with Gasteiger partial charge in [0.25, 0.3) is 0 Å². The topological polar surface area (TPSA) is 88.1 Å². The summed E-state index contributed by atoms with van der Waals surface area (Å²) in [5, 5.41) is 7.39. The van der Waals surface area contributed by atoms with Crippen molar-refractivity contribution < 1.29 is 4.74 Å². The van der Waals surface area contributed by atoms with Crippen LogP contribution in [0.15, 0.2) is 12.3 Å². The van der Waals surface area contributed by atoms with Crippen LogP contribution in [-0.4, -0.2) is 41.6 Å². The largest absolute Gasteiger partial charge is 0.382 e. The Hall–Kier alpha value is -1.69. The fraction of sp³-hybridized carbons (Fsp3) is 0.545. The Kier molecular flexibility index (Phi) is 3.53. The number of hydrogen-bond donors (Lipinski definition) is 2. The van der Waals surface area contributed by atoms with E-state index < -0.39 is 0 Å². The minimum atomic E-state index is -0.0324. The van der Waals surface area contributed by atoms with Gasteiger partial charge in [0.15, 0.2) is 0 Å². The maximum atomic E-state index is 7.39. The minimum absolute atomic E-state index is 0.0324. The van der Waals surface area contributed by atoms with Gasteiger partial charge < -0.3 is 15.4 Å². The molecule has 0 aromatic carbocycles. The molecular formula is C11H17N5O. The molecule has 1 aromatic heterocycles. The van der Waals surface area contributed by atoms with Crippen molar-refractivity contribution in [2.75, 3.05) is 24.7 Å². The lowest BCUT2D eigenvalue weighted by atomic mass is 10.2. The fourth-order valence-corrected chi connectivity index (χ4v) is 1.89. The normalized spacial score (nSPS) is 20.3. The predicted molar refractivity (Wildman–Crippen MR) is 65.3 cm³/mol. The van der Waals surface area contributed by atoms with Crippen molar-refractivity contribution >= 4 is 11.8 Å². The number of morpholine rings is 1. The van der Waals surface area contributed by atoms with Crippen LogP contribution in [-0.2, 0) is 4.74 Å². The SMILES string of the molecule is CCC1COCCN1c1nccc(C(=N)N)n1. The second kappa shape index (κ2) is 5.09. The van der Waals surface area contributed by atoms with E-state index >= 15 is 0 Å². The lowest BCUT2D eigenvalue weighted by molar-refractivity contribution is 0.0921. The van der Waals surface area contributed by atoms with E-state index in [-0.39, 0.29) is 5.84 Å². The minimum Gasteiger partial charge on any atom is -0.382 e. The average Bonchev–Trinajstić information content (AvgIpc) is 2.39. The van der Waals surface area contributed by atoms with Gasteiger partial charge in [-0.2, -0.15) is 0 Å². The molecule has 92 valence electrons. The zero-order chi connectivity index (χ0) is 12.3. The van der Waals surface area contributed by atoms with Crippen LogP contribution in [0.4, 0.5) is 5.95 Å². The first-order valence-electron chi connectivity index (χ1n) is 5.74. The zero-order valence-electron chi connectivity index (χ0n) is 9.89. The predicted octanol–water partition coefficient (Wildman–Crippen LogP) is 0.376. The second-order valence-electron chi connectivity index (χ2n) is 3.99. The summed E-state index contributed by atoms with van der Waals surface area (Å²) in [6.07, 6.45) is 2.62. The van der Waals surface area contributed by atoms with Crippen LogP contribution in [0, 0.1) is 5.41 Å². The van der Waals surface area contributed by atoms with E-state index in [0.717, 1.165) is 13.0 Å². The molecule has 1 aliphatic rings. The number of nitrogens with zero attached hydrogens (tertiary/aromatic N) is 3. The summed E-state index contributed by atoms with van der Waals surface area (Å²) in [7, 11) is 0. The molecule has 1 fully saturated rings. The Morgan fingerprint density at radius 1 is 1.71 bits per heavy atom. The van der Waals surface area contributed by atoms with Crippen LogP contribution in [0.2, 0.25) is 0 Å². The molecule has 0 spiro atoms. The van der Waals surface area contributed by atoms with Gasteiger partial charge in [0.2, 0.25) is 5.95 Å². The van der Waals surface area contributed by atoms with Crippen LogP contribution in [0.25, 0.3) is 0 Å². The highest BCUT2D eigenvalue weighted by molar-refractivity contribution is 5.93. The molecule has 17 heavy (non-hydrogen) atoms. The number of ether oxygens (including phenoxy) is 1. The van der Waals surface area contributed by atoms with Crippen LogP contribution in [0.5, 0.6) is 0 Å². The molecule has 2 rings (SSSR count). The lowest BCUT2D eigenvalue weighted by Gasteiger charge is -2.35. The Labute approximate surface area is 100 Å². The molecule has 6 nitrogen and oxygen atoms in total. The Morgan fingerprint density at radius 3 is 3.24 bits per heavy atom. The molecule has 0 aliphatic carbocycles. The number of amidine groups is 1. The molecular weight excluding hydrogens is 218 g/mol. The summed E-state index contributed by atoms with van der Waals surface area (Å²) in [6.45, 7) is 4.27. The zero-order valence-corrected chi connectivity index (χ0v) is 9.89. The monoisotopic (exact) mass is 235 g/mol. The van der Waals surface area contributed by atoms with Crippen molar-refractivity contribution in [1.29, 1.82) is 5.41 Å². The van der Waals surface area contributed by atoms with Crippen molar-refractivity contribution in [3.63, 3.8) is 0 Å². The van der Waals surface area contributed by atoms with E-state index in [1.54, 1.807) is 12.3 Å². The molecule has 1 saturated heterocycles. The number of nitrogens with two attached hydrogens (primary N) is 1. The second-order valence-corrected chi connectivity index (χ2v) is 3.99. The first-order chi connectivity index (χ1) is 8.22. The van der Waals surface area contributed by atoms with Gasteiger partial charge in [-0.05, 0) is 12.5 Å². The smallest absolute Gasteiger partial charge is 0.226 e. The first kappa shape index (κ1) is 11.8. The number of rotatable bonds is 3. The standard InChI is InChI=1S/C11H17N5O/c1-2-8-7-17-6-5-16(8)11-14-4-3-9(15-11)10(12)13/h3-4,8H,2,5-7H2,1H3,(H3,12,13). The van der Waals surface area contributed by atoms with E-state index in [2.05, 4.69) is 21.8 Å². The summed E-state index contributed by atoms with van der Waals surface area (Å²) in [6, 6.07) is 1.94. The van der Waals surface area contributed by atoms with Crippen LogP contribution >= 0.6 is 0 Å². The molecule has 1 unspecified atom stereocenters. The van der Waals surface area contributed by atoms with E-state index in [1.165, 1.54) is 0 Å². The number of hydrogen-bond acceptors (Lipinski definition) is 5. The summed E-state index contributed by atoms with van der Waals surface area (Å²) in [5.74, 6) is 0.600. The van der Waals surface area contributed by atoms with Crippen molar-refractivity contribution in [2.24, 2.45) is 5.73 Å². The molecule has 1 atom stereocenters. The Bertz CT molecular complexity index is 409. The van der Waals surface area contributed by atoms with Gasteiger partial charge >= 0.3 is 0 Å². The van der Waals surface area contributed by atoms with Gasteiger partial charge in [-0.3, -0.25) is 5.41 Å². The highest BCUT2D eigenvalue weighted by Crippen LogP contribution is 2.17. The van der Waals surface area contributed by atoms with Gasteiger partial charge in [0, 0.05) is 12.7 Å². The first-order valence-corrected chi connectivity index (χ1v) is 5.74. The number of nitrogens with one attached hydrogen (secondary N) is 1. The van der Waals surface area contributed by atoms with Gasteiger partial charge in [-0.1, -0.05) is 6.92 Å². The number of aromatic nitrogens is 2. The molecule has 0 saturated carbocycles. The van der Waals surface area contributed by atoms with Crippen molar-refractivity contribution in [3.05, 3.63) is 18.0 Å². The summed E-state index contributed by atoms with van der Waals surface area (Å²) < 4.78 is 5.44. The molecule has 0 amide bonds. The van der Waals surface area contributed by atoms with Crippen LogP contribution in [0.1, 0.15) is 19.0 Å². The summed E-state index contributed by atoms with van der Waals surface area (Å²) in [5.41, 5.74) is 5.90. The third-order valence-electron chi connectivity index (χ3n) is 2.87.